The molecule has 0 unspecified atom stereocenters. The molecule has 0 radical (unpaired) electrons. The molecule has 6 rings (SSSR count). The highest BCUT2D eigenvalue weighted by Crippen LogP contribution is 2.34. The van der Waals surface area contributed by atoms with Crippen molar-refractivity contribution in [3.63, 3.8) is 0 Å². The fourth-order valence-electron chi connectivity index (χ4n) is 4.73. The van der Waals surface area contributed by atoms with Crippen molar-refractivity contribution in [1.29, 1.82) is 0 Å². The van der Waals surface area contributed by atoms with E-state index in [1.165, 1.54) is 10.1 Å². The highest BCUT2D eigenvalue weighted by atomic mass is 79.9. The standard InChI is InChI=1S/C34H26BrN3O3/c1-2-40-31-19-26(29(35)20-32(31)41-22-25-15-10-14-23-11-6-7-16-27(23)25)21-36-38-33(24-12-4-3-5-13-24)37-30-18-9-8-17-28(30)34(38)39/h3-21H,2,22H2,1H3. The quantitative estimate of drug-likeness (QED) is 0.166. The van der Waals surface area contributed by atoms with Crippen LogP contribution in [0.5, 0.6) is 11.5 Å². The fourth-order valence-corrected chi connectivity index (χ4v) is 5.15. The summed E-state index contributed by atoms with van der Waals surface area (Å²) in [6, 6.07) is 35.0. The summed E-state index contributed by atoms with van der Waals surface area (Å²) in [5, 5.41) is 7.43. The molecule has 0 N–H and O–H groups in total. The molecule has 41 heavy (non-hydrogen) atoms. The third-order valence-electron chi connectivity index (χ3n) is 6.72. The van der Waals surface area contributed by atoms with Gasteiger partial charge in [0.15, 0.2) is 17.3 Å². The molecule has 1 aromatic heterocycles. The maximum atomic E-state index is 13.5. The molecule has 0 aliphatic carbocycles. The van der Waals surface area contributed by atoms with Gasteiger partial charge in [-0.25, -0.2) is 4.98 Å². The Morgan fingerprint density at radius 3 is 2.37 bits per heavy atom. The number of hydrogen-bond donors (Lipinski definition) is 0. The third kappa shape index (κ3) is 5.49. The molecule has 6 aromatic rings. The highest BCUT2D eigenvalue weighted by molar-refractivity contribution is 9.10. The normalized spacial score (nSPS) is 11.4. The van der Waals surface area contributed by atoms with Gasteiger partial charge in [0.05, 0.1) is 23.7 Å². The number of benzene rings is 5. The van der Waals surface area contributed by atoms with Crippen LogP contribution in [0.25, 0.3) is 33.1 Å². The second-order valence-electron chi connectivity index (χ2n) is 9.36. The summed E-state index contributed by atoms with van der Waals surface area (Å²) in [6.07, 6.45) is 1.63. The molecule has 0 spiro atoms. The monoisotopic (exact) mass is 603 g/mol. The largest absolute Gasteiger partial charge is 0.490 e. The lowest BCUT2D eigenvalue weighted by atomic mass is 10.1. The summed E-state index contributed by atoms with van der Waals surface area (Å²) in [6.45, 7) is 2.78. The van der Waals surface area contributed by atoms with Crippen LogP contribution in [0, 0.1) is 0 Å². The Hall–Kier alpha value is -4.75. The smallest absolute Gasteiger partial charge is 0.282 e. The molecular formula is C34H26BrN3O3. The summed E-state index contributed by atoms with van der Waals surface area (Å²) in [4.78, 5) is 18.3. The summed E-state index contributed by atoms with van der Waals surface area (Å²) in [5.41, 5.74) is 2.98. The topological polar surface area (TPSA) is 65.7 Å². The van der Waals surface area contributed by atoms with Crippen molar-refractivity contribution in [2.75, 3.05) is 6.61 Å². The van der Waals surface area contributed by atoms with Gasteiger partial charge in [0.1, 0.15) is 6.61 Å². The zero-order valence-electron chi connectivity index (χ0n) is 22.3. The number of hydrogen-bond acceptors (Lipinski definition) is 5. The molecule has 0 amide bonds. The van der Waals surface area contributed by atoms with E-state index in [1.54, 1.807) is 12.3 Å². The number of rotatable bonds is 8. The maximum absolute atomic E-state index is 13.5. The Morgan fingerprint density at radius 1 is 0.829 bits per heavy atom. The highest BCUT2D eigenvalue weighted by Gasteiger charge is 2.14. The molecule has 0 fully saturated rings. The van der Waals surface area contributed by atoms with Gasteiger partial charge in [0.2, 0.25) is 0 Å². The molecule has 6 nitrogen and oxygen atoms in total. The van der Waals surface area contributed by atoms with Crippen LogP contribution in [0.15, 0.2) is 124 Å². The minimum Gasteiger partial charge on any atom is -0.490 e. The van der Waals surface area contributed by atoms with E-state index in [0.717, 1.165) is 26.5 Å². The van der Waals surface area contributed by atoms with Crippen molar-refractivity contribution >= 4 is 43.8 Å². The van der Waals surface area contributed by atoms with Crippen molar-refractivity contribution < 1.29 is 9.47 Å². The second-order valence-corrected chi connectivity index (χ2v) is 10.2. The van der Waals surface area contributed by atoms with Crippen LogP contribution in [0.3, 0.4) is 0 Å². The SMILES string of the molecule is CCOc1cc(C=Nn2c(-c3ccccc3)nc3ccccc3c2=O)c(Br)cc1OCc1cccc2ccccc12. The Labute approximate surface area is 245 Å². The Kier molecular flexibility index (Phi) is 7.60. The zero-order chi connectivity index (χ0) is 28.2. The predicted octanol–water partition coefficient (Wildman–Crippen LogP) is 7.84. The zero-order valence-corrected chi connectivity index (χ0v) is 23.9. The van der Waals surface area contributed by atoms with E-state index < -0.39 is 0 Å². The number of nitrogens with zero attached hydrogens (tertiary/aromatic N) is 3. The Bertz CT molecular complexity index is 1950. The lowest BCUT2D eigenvalue weighted by molar-refractivity contribution is 0.270. The Morgan fingerprint density at radius 2 is 1.54 bits per heavy atom. The van der Waals surface area contributed by atoms with Crippen LogP contribution in [-0.4, -0.2) is 22.5 Å². The van der Waals surface area contributed by atoms with Crippen molar-refractivity contribution in [2.45, 2.75) is 13.5 Å². The van der Waals surface area contributed by atoms with Gasteiger partial charge in [-0.2, -0.15) is 9.78 Å². The molecule has 1 heterocycles. The maximum Gasteiger partial charge on any atom is 0.282 e. The molecule has 0 bridgehead atoms. The van der Waals surface area contributed by atoms with Crippen molar-refractivity contribution in [2.24, 2.45) is 5.10 Å². The first-order valence-corrected chi connectivity index (χ1v) is 14.1. The first kappa shape index (κ1) is 26.5. The van der Waals surface area contributed by atoms with Gasteiger partial charge in [-0.05, 0) is 63.5 Å². The van der Waals surface area contributed by atoms with Gasteiger partial charge in [-0.15, -0.1) is 0 Å². The van der Waals surface area contributed by atoms with E-state index in [0.29, 0.717) is 41.4 Å². The molecule has 0 saturated heterocycles. The molecule has 0 atom stereocenters. The number of para-hydroxylation sites is 1. The van der Waals surface area contributed by atoms with E-state index in [-0.39, 0.29) is 5.56 Å². The Balaban J connectivity index is 1.37. The molecule has 7 heteroatoms. The molecular weight excluding hydrogens is 578 g/mol. The van der Waals surface area contributed by atoms with Crippen LogP contribution in [-0.2, 0) is 6.61 Å². The van der Waals surface area contributed by atoms with E-state index in [2.05, 4.69) is 45.3 Å². The van der Waals surface area contributed by atoms with Gasteiger partial charge >= 0.3 is 0 Å². The first-order chi connectivity index (χ1) is 20.1. The lowest BCUT2D eigenvalue weighted by Crippen LogP contribution is -2.20. The summed E-state index contributed by atoms with van der Waals surface area (Å²) >= 11 is 3.66. The summed E-state index contributed by atoms with van der Waals surface area (Å²) in [7, 11) is 0. The molecule has 0 aliphatic heterocycles. The minimum atomic E-state index is -0.248. The van der Waals surface area contributed by atoms with E-state index >= 15 is 0 Å². The van der Waals surface area contributed by atoms with Gasteiger partial charge in [0.25, 0.3) is 5.56 Å². The van der Waals surface area contributed by atoms with Gasteiger partial charge in [-0.3, -0.25) is 4.79 Å². The molecule has 0 aliphatic rings. The van der Waals surface area contributed by atoms with Gasteiger partial charge < -0.3 is 9.47 Å². The lowest BCUT2D eigenvalue weighted by Gasteiger charge is -2.15. The number of halogens is 1. The summed E-state index contributed by atoms with van der Waals surface area (Å²) < 4.78 is 14.3. The number of ether oxygens (including phenoxy) is 2. The van der Waals surface area contributed by atoms with Crippen LogP contribution in [0.4, 0.5) is 0 Å². The van der Waals surface area contributed by atoms with Gasteiger partial charge in [0, 0.05) is 15.6 Å². The number of aromatic nitrogens is 2. The van der Waals surface area contributed by atoms with Gasteiger partial charge in [-0.1, -0.05) is 84.9 Å². The third-order valence-corrected chi connectivity index (χ3v) is 7.41. The van der Waals surface area contributed by atoms with Crippen molar-refractivity contribution in [3.8, 4) is 22.9 Å². The average Bonchev–Trinajstić information content (AvgIpc) is 3.01. The number of fused-ring (bicyclic) bond motifs is 2. The average molecular weight is 605 g/mol. The summed E-state index contributed by atoms with van der Waals surface area (Å²) in [5.74, 6) is 1.66. The second kappa shape index (κ2) is 11.8. The molecule has 0 saturated carbocycles. The van der Waals surface area contributed by atoms with E-state index in [1.807, 2.05) is 85.8 Å². The van der Waals surface area contributed by atoms with Crippen LogP contribution in [0.2, 0.25) is 0 Å². The van der Waals surface area contributed by atoms with Crippen LogP contribution >= 0.6 is 15.9 Å². The van der Waals surface area contributed by atoms with Crippen LogP contribution in [0.1, 0.15) is 18.1 Å². The predicted molar refractivity (Wildman–Crippen MR) is 168 cm³/mol. The van der Waals surface area contributed by atoms with Crippen molar-refractivity contribution in [3.05, 3.63) is 135 Å². The minimum absolute atomic E-state index is 0.248. The molecule has 202 valence electrons. The first-order valence-electron chi connectivity index (χ1n) is 13.3. The van der Waals surface area contributed by atoms with Crippen LogP contribution < -0.4 is 15.0 Å². The fraction of sp³-hybridized carbons (Fsp3) is 0.0882. The molecule has 5 aromatic carbocycles. The van der Waals surface area contributed by atoms with E-state index in [4.69, 9.17) is 14.5 Å². The van der Waals surface area contributed by atoms with Crippen molar-refractivity contribution in [1.82, 2.24) is 9.66 Å². The van der Waals surface area contributed by atoms with E-state index in [9.17, 15) is 4.79 Å².